The summed E-state index contributed by atoms with van der Waals surface area (Å²) in [5, 5.41) is 2.60. The molecule has 2 amide bonds. The van der Waals surface area contributed by atoms with E-state index in [9.17, 15) is 13.2 Å². The summed E-state index contributed by atoms with van der Waals surface area (Å²) in [6, 6.07) is 5.69. The molecule has 0 aliphatic carbocycles. The number of sulfonamides is 1. The molecule has 2 rings (SSSR count). The topological polar surface area (TPSA) is 79.7 Å². The minimum Gasteiger partial charge on any atom is -0.333 e. The lowest BCUT2D eigenvalue weighted by Gasteiger charge is -2.13. The first-order valence-electron chi connectivity index (χ1n) is 7.18. The van der Waals surface area contributed by atoms with Gasteiger partial charge in [0.2, 0.25) is 0 Å². The van der Waals surface area contributed by atoms with Crippen molar-refractivity contribution in [3.8, 4) is 0 Å². The van der Waals surface area contributed by atoms with Gasteiger partial charge >= 0.3 is 6.03 Å². The number of benzene rings is 1. The van der Waals surface area contributed by atoms with Crippen molar-refractivity contribution < 1.29 is 18.1 Å². The predicted octanol–water partition coefficient (Wildman–Crippen LogP) is -0.338. The van der Waals surface area contributed by atoms with Gasteiger partial charge < -0.3 is 10.2 Å². The van der Waals surface area contributed by atoms with Crippen LogP contribution in [-0.4, -0.2) is 40.6 Å². The lowest BCUT2D eigenvalue weighted by molar-refractivity contribution is -0.886. The average Bonchev–Trinajstić information content (AvgIpc) is 2.92. The Morgan fingerprint density at radius 1 is 1.19 bits per heavy atom. The molecule has 0 saturated carbocycles. The number of hydrogen-bond acceptors (Lipinski definition) is 3. The van der Waals surface area contributed by atoms with Gasteiger partial charge in [-0.15, -0.1) is 0 Å². The van der Waals surface area contributed by atoms with Crippen LogP contribution in [0, 0.1) is 6.92 Å². The van der Waals surface area contributed by atoms with Crippen LogP contribution in [0.1, 0.15) is 18.4 Å². The first-order chi connectivity index (χ1) is 9.97. The third kappa shape index (κ3) is 4.71. The van der Waals surface area contributed by atoms with E-state index in [0.717, 1.165) is 25.2 Å². The summed E-state index contributed by atoms with van der Waals surface area (Å²) in [4.78, 5) is 13.2. The molecular formula is C14H22N3O3S+. The molecule has 7 heteroatoms. The minimum atomic E-state index is -3.79. The molecule has 21 heavy (non-hydrogen) atoms. The van der Waals surface area contributed by atoms with E-state index in [-0.39, 0.29) is 4.90 Å². The molecule has 0 unspecified atom stereocenters. The van der Waals surface area contributed by atoms with Gasteiger partial charge in [0.05, 0.1) is 31.1 Å². The smallest absolute Gasteiger partial charge is 0.328 e. The zero-order valence-corrected chi connectivity index (χ0v) is 13.0. The second kappa shape index (κ2) is 6.91. The van der Waals surface area contributed by atoms with Crippen LogP contribution >= 0.6 is 0 Å². The molecule has 116 valence electrons. The van der Waals surface area contributed by atoms with Crippen molar-refractivity contribution in [1.29, 1.82) is 0 Å². The number of nitrogens with one attached hydrogen (secondary N) is 3. The summed E-state index contributed by atoms with van der Waals surface area (Å²) in [6.07, 6.45) is 2.45. The molecular weight excluding hydrogens is 290 g/mol. The molecule has 1 saturated heterocycles. The van der Waals surface area contributed by atoms with Gasteiger partial charge in [-0.05, 0) is 19.1 Å². The van der Waals surface area contributed by atoms with Crippen molar-refractivity contribution in [2.75, 3.05) is 26.2 Å². The van der Waals surface area contributed by atoms with E-state index in [0.29, 0.717) is 6.54 Å². The lowest BCUT2D eigenvalue weighted by atomic mass is 10.2. The zero-order valence-electron chi connectivity index (χ0n) is 12.2. The highest BCUT2D eigenvalue weighted by molar-refractivity contribution is 7.90. The fraction of sp³-hybridized carbons (Fsp3) is 0.500. The summed E-state index contributed by atoms with van der Waals surface area (Å²) in [6.45, 7) is 5.44. The van der Waals surface area contributed by atoms with Crippen LogP contribution in [0.5, 0.6) is 0 Å². The third-order valence-corrected chi connectivity index (χ3v) is 4.98. The molecule has 1 heterocycles. The molecule has 0 atom stereocenters. The molecule has 1 aromatic rings. The summed E-state index contributed by atoms with van der Waals surface area (Å²) in [5.74, 6) is 0. The largest absolute Gasteiger partial charge is 0.333 e. The molecule has 0 aromatic heterocycles. The van der Waals surface area contributed by atoms with Gasteiger partial charge in [-0.2, -0.15) is 0 Å². The van der Waals surface area contributed by atoms with Gasteiger partial charge in [-0.3, -0.25) is 0 Å². The van der Waals surface area contributed by atoms with Crippen molar-refractivity contribution in [1.82, 2.24) is 10.0 Å². The van der Waals surface area contributed by atoms with Crippen LogP contribution in [-0.2, 0) is 10.0 Å². The number of aryl methyl sites for hydroxylation is 1. The van der Waals surface area contributed by atoms with Gasteiger partial charge in [0.15, 0.2) is 0 Å². The summed E-state index contributed by atoms with van der Waals surface area (Å²) < 4.78 is 26.0. The molecule has 0 bridgehead atoms. The highest BCUT2D eigenvalue weighted by Gasteiger charge is 2.18. The number of hydrogen-bond donors (Lipinski definition) is 3. The quantitative estimate of drug-likeness (QED) is 0.696. The molecule has 1 aromatic carbocycles. The fourth-order valence-corrected chi connectivity index (χ4v) is 3.34. The van der Waals surface area contributed by atoms with Crippen LogP contribution in [0.25, 0.3) is 0 Å². The molecule has 1 fully saturated rings. The Morgan fingerprint density at radius 3 is 2.43 bits per heavy atom. The van der Waals surface area contributed by atoms with Crippen molar-refractivity contribution in [3.63, 3.8) is 0 Å². The second-order valence-corrected chi connectivity index (χ2v) is 7.06. The highest BCUT2D eigenvalue weighted by Crippen LogP contribution is 2.09. The van der Waals surface area contributed by atoms with E-state index >= 15 is 0 Å². The third-order valence-electron chi connectivity index (χ3n) is 3.63. The first-order valence-corrected chi connectivity index (χ1v) is 8.66. The van der Waals surface area contributed by atoms with E-state index < -0.39 is 16.1 Å². The Bertz CT molecular complexity index is 578. The van der Waals surface area contributed by atoms with Crippen LogP contribution in [0.2, 0.25) is 0 Å². The lowest BCUT2D eigenvalue weighted by Crippen LogP contribution is -3.10. The Labute approximate surface area is 125 Å². The zero-order chi connectivity index (χ0) is 15.3. The standard InChI is InChI=1S/C14H21N3O3S/c1-12-4-6-13(7-5-12)21(19,20)16-14(18)15-8-11-17-9-2-3-10-17/h4-7H,2-3,8-11H2,1H3,(H2,15,16,18)/p+1. The number of carbonyl (C=O) groups excluding carboxylic acids is 1. The average molecular weight is 312 g/mol. The van der Waals surface area contributed by atoms with Crippen molar-refractivity contribution in [2.45, 2.75) is 24.7 Å². The highest BCUT2D eigenvalue weighted by atomic mass is 32.2. The number of amides is 2. The predicted molar refractivity (Wildman–Crippen MR) is 79.7 cm³/mol. The van der Waals surface area contributed by atoms with Crippen molar-refractivity contribution >= 4 is 16.1 Å². The number of likely N-dealkylation sites (tertiary alicyclic amines) is 1. The molecule has 6 nitrogen and oxygen atoms in total. The van der Waals surface area contributed by atoms with Gasteiger partial charge in [-0.1, -0.05) is 17.7 Å². The van der Waals surface area contributed by atoms with Gasteiger partial charge in [0, 0.05) is 12.8 Å². The summed E-state index contributed by atoms with van der Waals surface area (Å²) >= 11 is 0. The molecule has 0 radical (unpaired) electrons. The van der Waals surface area contributed by atoms with Gasteiger partial charge in [0.25, 0.3) is 10.0 Å². The first kappa shape index (κ1) is 15.8. The molecule has 1 aliphatic heterocycles. The SMILES string of the molecule is Cc1ccc(S(=O)(=O)NC(=O)NCC[NH+]2CCCC2)cc1. The van der Waals surface area contributed by atoms with Crippen LogP contribution in [0.4, 0.5) is 4.79 Å². The van der Waals surface area contributed by atoms with E-state index in [1.807, 2.05) is 11.6 Å². The second-order valence-electron chi connectivity index (χ2n) is 5.38. The van der Waals surface area contributed by atoms with Gasteiger partial charge in [-0.25, -0.2) is 17.9 Å². The van der Waals surface area contributed by atoms with E-state index in [1.165, 1.54) is 29.9 Å². The maximum absolute atomic E-state index is 12.0. The normalized spacial score (nSPS) is 15.9. The Balaban J connectivity index is 1.81. The molecule has 0 spiro atoms. The number of carbonyl (C=O) groups is 1. The number of urea groups is 1. The van der Waals surface area contributed by atoms with Crippen LogP contribution < -0.4 is 14.9 Å². The molecule has 1 aliphatic rings. The van der Waals surface area contributed by atoms with Crippen LogP contribution in [0.15, 0.2) is 29.2 Å². The number of quaternary nitrogens is 1. The Hall–Kier alpha value is -1.60. The van der Waals surface area contributed by atoms with Crippen LogP contribution in [0.3, 0.4) is 0 Å². The monoisotopic (exact) mass is 312 g/mol. The van der Waals surface area contributed by atoms with E-state index in [4.69, 9.17) is 0 Å². The van der Waals surface area contributed by atoms with E-state index in [2.05, 4.69) is 5.32 Å². The summed E-state index contributed by atoms with van der Waals surface area (Å²) in [5.41, 5.74) is 0.965. The Morgan fingerprint density at radius 2 is 1.81 bits per heavy atom. The molecule has 3 N–H and O–H groups in total. The van der Waals surface area contributed by atoms with Crippen molar-refractivity contribution in [3.05, 3.63) is 29.8 Å². The maximum Gasteiger partial charge on any atom is 0.328 e. The van der Waals surface area contributed by atoms with Crippen molar-refractivity contribution in [2.24, 2.45) is 0 Å². The summed E-state index contributed by atoms with van der Waals surface area (Å²) in [7, 11) is -3.79. The van der Waals surface area contributed by atoms with Gasteiger partial charge in [0.1, 0.15) is 0 Å². The Kier molecular flexibility index (Phi) is 5.19. The maximum atomic E-state index is 12.0. The van der Waals surface area contributed by atoms with E-state index in [1.54, 1.807) is 12.1 Å². The fourth-order valence-electron chi connectivity index (χ4n) is 2.41. The number of rotatable bonds is 5. The minimum absolute atomic E-state index is 0.0911.